The Morgan fingerprint density at radius 1 is 0.930 bits per heavy atom. The van der Waals surface area contributed by atoms with Crippen LogP contribution in [-0.2, 0) is 14.3 Å². The van der Waals surface area contributed by atoms with Crippen LogP contribution in [0.3, 0.4) is 0 Å². The van der Waals surface area contributed by atoms with E-state index in [0.29, 0.717) is 24.1 Å². The Balaban J connectivity index is 1.89. The highest BCUT2D eigenvalue weighted by molar-refractivity contribution is 6.02. The monoisotopic (exact) mass is 580 g/mol. The molecule has 0 fully saturated rings. The van der Waals surface area contributed by atoms with Gasteiger partial charge >= 0.3 is 11.9 Å². The number of methoxy groups -OCH3 is 1. The van der Waals surface area contributed by atoms with Gasteiger partial charge in [-0.3, -0.25) is 9.78 Å². The van der Waals surface area contributed by atoms with E-state index in [9.17, 15) is 9.59 Å². The lowest BCUT2D eigenvalue weighted by molar-refractivity contribution is -0.143. The van der Waals surface area contributed by atoms with Crippen molar-refractivity contribution in [2.75, 3.05) is 13.7 Å². The normalized spacial score (nSPS) is 16.3. The minimum atomic E-state index is -0.425. The number of rotatable bonds is 7. The number of hydrogen-bond donors (Lipinski definition) is 2. The summed E-state index contributed by atoms with van der Waals surface area (Å²) in [5.41, 5.74) is 12.3. The zero-order chi connectivity index (χ0) is 31.0. The zero-order valence-corrected chi connectivity index (χ0v) is 26.1. The molecule has 8 bridgehead atoms. The van der Waals surface area contributed by atoms with Crippen LogP contribution in [0.5, 0.6) is 0 Å². The van der Waals surface area contributed by atoms with Crippen molar-refractivity contribution in [3.8, 4) is 0 Å². The van der Waals surface area contributed by atoms with Crippen LogP contribution in [0.4, 0.5) is 0 Å². The van der Waals surface area contributed by atoms with E-state index < -0.39 is 5.97 Å². The van der Waals surface area contributed by atoms with Crippen molar-refractivity contribution in [1.82, 2.24) is 19.9 Å². The summed E-state index contributed by atoms with van der Waals surface area (Å²) in [6.07, 6.45) is 3.53. The van der Waals surface area contributed by atoms with Crippen molar-refractivity contribution in [3.63, 3.8) is 0 Å². The number of H-pyrrole nitrogens is 2. The molecule has 2 atom stereocenters. The molecule has 5 rings (SSSR count). The van der Waals surface area contributed by atoms with Gasteiger partial charge in [0.05, 0.1) is 36.2 Å². The van der Waals surface area contributed by atoms with E-state index in [1.165, 1.54) is 7.11 Å². The molecule has 2 N–H and O–H groups in total. The number of carbonyl (C=O) groups excluding carboxylic acids is 2. The van der Waals surface area contributed by atoms with Gasteiger partial charge in [0.15, 0.2) is 0 Å². The molecule has 0 saturated heterocycles. The molecule has 0 radical (unpaired) electrons. The van der Waals surface area contributed by atoms with Crippen molar-refractivity contribution in [2.45, 2.75) is 72.6 Å². The third kappa shape index (κ3) is 5.42. The Bertz CT molecular complexity index is 1820. The van der Waals surface area contributed by atoms with Gasteiger partial charge in [0.25, 0.3) is 0 Å². The summed E-state index contributed by atoms with van der Waals surface area (Å²) in [5.74, 6) is -0.686. The van der Waals surface area contributed by atoms with Gasteiger partial charge in [-0.25, -0.2) is 9.78 Å². The van der Waals surface area contributed by atoms with Gasteiger partial charge < -0.3 is 19.4 Å². The van der Waals surface area contributed by atoms with E-state index >= 15 is 0 Å². The number of aryl methyl sites for hydroxylation is 2. The molecule has 0 spiro atoms. The van der Waals surface area contributed by atoms with Crippen LogP contribution in [0.25, 0.3) is 39.3 Å². The van der Waals surface area contributed by atoms with Gasteiger partial charge in [-0.15, -0.1) is 0 Å². The number of fused-ring (bicyclic) bond motifs is 8. The van der Waals surface area contributed by atoms with Crippen LogP contribution in [0.1, 0.15) is 109 Å². The maximum atomic E-state index is 13.1. The largest absolute Gasteiger partial charge is 0.466 e. The minimum Gasteiger partial charge on any atom is -0.466 e. The van der Waals surface area contributed by atoms with E-state index in [1.807, 2.05) is 32.1 Å². The van der Waals surface area contributed by atoms with E-state index in [0.717, 1.165) is 73.6 Å². The molecular weight excluding hydrogens is 540 g/mol. The van der Waals surface area contributed by atoms with E-state index in [4.69, 9.17) is 19.4 Å². The van der Waals surface area contributed by atoms with E-state index in [1.54, 1.807) is 0 Å². The molecule has 5 heterocycles. The molecular formula is C35H40N4O4. The molecule has 0 aliphatic carbocycles. The topological polar surface area (TPSA) is 110 Å². The number of ether oxygens (including phenoxy) is 2. The van der Waals surface area contributed by atoms with Crippen LogP contribution in [0.15, 0.2) is 30.8 Å². The van der Waals surface area contributed by atoms with Crippen LogP contribution in [0.2, 0.25) is 0 Å². The van der Waals surface area contributed by atoms with Crippen molar-refractivity contribution < 1.29 is 19.1 Å². The second-order valence-electron chi connectivity index (χ2n) is 11.3. The fraction of sp³-hybridized carbons (Fsp3) is 0.371. The Labute approximate surface area is 252 Å². The fourth-order valence-corrected chi connectivity index (χ4v) is 6.34. The van der Waals surface area contributed by atoms with Crippen LogP contribution >= 0.6 is 0 Å². The van der Waals surface area contributed by atoms with Gasteiger partial charge in [0.1, 0.15) is 0 Å². The Morgan fingerprint density at radius 3 is 2.28 bits per heavy atom. The molecule has 3 aromatic heterocycles. The van der Waals surface area contributed by atoms with Crippen LogP contribution in [-0.4, -0.2) is 45.6 Å². The average Bonchev–Trinajstić information content (AvgIpc) is 3.64. The Morgan fingerprint density at radius 2 is 1.60 bits per heavy atom. The van der Waals surface area contributed by atoms with Crippen molar-refractivity contribution >= 4 is 51.2 Å². The number of esters is 2. The molecule has 43 heavy (non-hydrogen) atoms. The number of nitrogens with one attached hydrogen (secondary N) is 2. The maximum absolute atomic E-state index is 13.1. The molecule has 0 saturated carbocycles. The second kappa shape index (κ2) is 12.0. The van der Waals surface area contributed by atoms with Crippen molar-refractivity contribution in [1.29, 1.82) is 0 Å². The molecule has 0 amide bonds. The quantitative estimate of drug-likeness (QED) is 0.275. The number of allylic oxidation sites excluding steroid dienone is 2. The Hall–Kier alpha value is -4.46. The molecule has 8 nitrogen and oxygen atoms in total. The molecule has 0 aromatic carbocycles. The highest BCUT2D eigenvalue weighted by Gasteiger charge is 2.30. The summed E-state index contributed by atoms with van der Waals surface area (Å²) >= 11 is 0. The zero-order valence-electron chi connectivity index (χ0n) is 26.1. The number of hydrogen-bond acceptors (Lipinski definition) is 6. The number of aromatic amines is 2. The maximum Gasteiger partial charge on any atom is 0.340 e. The van der Waals surface area contributed by atoms with Crippen LogP contribution in [0, 0.1) is 13.8 Å². The first-order valence-electron chi connectivity index (χ1n) is 14.9. The van der Waals surface area contributed by atoms with E-state index in [2.05, 4.69) is 56.4 Å². The molecule has 2 aliphatic heterocycles. The third-order valence-electron chi connectivity index (χ3n) is 8.84. The number of carbonyl (C=O) groups is 2. The molecule has 1 unspecified atom stereocenters. The molecule has 224 valence electrons. The highest BCUT2D eigenvalue weighted by atomic mass is 16.5. The van der Waals surface area contributed by atoms with Gasteiger partial charge in [0, 0.05) is 51.8 Å². The summed E-state index contributed by atoms with van der Waals surface area (Å²) in [7, 11) is 1.39. The summed E-state index contributed by atoms with van der Waals surface area (Å²) < 4.78 is 10.4. The molecule has 2 aliphatic rings. The van der Waals surface area contributed by atoms with Gasteiger partial charge in [-0.05, 0) is 87.1 Å². The summed E-state index contributed by atoms with van der Waals surface area (Å²) in [6, 6.07) is 8.11. The van der Waals surface area contributed by atoms with Gasteiger partial charge in [-0.2, -0.15) is 0 Å². The van der Waals surface area contributed by atoms with Gasteiger partial charge in [0.2, 0.25) is 0 Å². The third-order valence-corrected chi connectivity index (χ3v) is 8.84. The molecule has 8 heteroatoms. The van der Waals surface area contributed by atoms with E-state index in [-0.39, 0.29) is 24.2 Å². The molecule has 3 aromatic rings. The fourth-order valence-electron chi connectivity index (χ4n) is 6.34. The van der Waals surface area contributed by atoms with Crippen molar-refractivity contribution in [3.05, 3.63) is 75.9 Å². The smallest absolute Gasteiger partial charge is 0.340 e. The average molecular weight is 581 g/mol. The first-order valence-corrected chi connectivity index (χ1v) is 14.9. The second-order valence-corrected chi connectivity index (χ2v) is 11.3. The SMILES string of the molecule is C=Cc1c(C)c2cc3nc(cc4[nH]c(cc5nc(cc1[nH]2)C(C)=C5CC)c(C)c4C(=O)OC)C(CCC(=O)OCC)[C@@H]3C. The first kappa shape index (κ1) is 30.0. The lowest BCUT2D eigenvalue weighted by atomic mass is 9.87. The summed E-state index contributed by atoms with van der Waals surface area (Å²) in [5, 5.41) is 0. The predicted molar refractivity (Wildman–Crippen MR) is 172 cm³/mol. The number of nitrogens with zero attached hydrogens (tertiary/aromatic N) is 2. The number of aromatic nitrogens is 4. The Kier molecular flexibility index (Phi) is 8.40. The highest BCUT2D eigenvalue weighted by Crippen LogP contribution is 2.41. The lowest BCUT2D eigenvalue weighted by Gasteiger charge is -2.15. The van der Waals surface area contributed by atoms with Crippen molar-refractivity contribution in [2.24, 2.45) is 0 Å². The van der Waals surface area contributed by atoms with Crippen LogP contribution < -0.4 is 0 Å². The lowest BCUT2D eigenvalue weighted by Crippen LogP contribution is -2.09. The summed E-state index contributed by atoms with van der Waals surface area (Å²) in [6.45, 7) is 16.6. The minimum absolute atomic E-state index is 0.0237. The first-order chi connectivity index (χ1) is 20.6. The predicted octanol–water partition coefficient (Wildman–Crippen LogP) is 7.93. The summed E-state index contributed by atoms with van der Waals surface area (Å²) in [4.78, 5) is 42.6. The van der Waals surface area contributed by atoms with Gasteiger partial charge in [-0.1, -0.05) is 26.5 Å². The standard InChI is InChI=1S/C35H40N4O4/c1-9-22-18(4)25-14-26-20(6)24(12-13-33(40)43-11-3)31(38-26)17-32-34(35(41)42-8)21(7)28(39-32)16-30-23(10-2)19(5)27(37-30)15-29(22)36-25/h9,14-17,20,24,36,39H,1,10-13H2,2-8H3/t20-,24?/m0/s1.